The number of hydrogen-bond donors (Lipinski definition) is 1. The number of carbonyl (C=O) groups is 1. The zero-order valence-corrected chi connectivity index (χ0v) is 19.1. The standard InChI is InChI=1S/C26H25N3O3S/c1-2-31-22-14-12-19(13-15-22)16-24-25(30)28-26(33-24)29-27-17-21-10-6-7-11-23(21)32-18-20-8-4-3-5-9-20/h3-15,17,24H,2,16,18H2,1H3,(H,28,29,30)/b27-17+. The van der Waals surface area contributed by atoms with Crippen LogP contribution in [0.2, 0.25) is 0 Å². The highest BCUT2D eigenvalue weighted by Crippen LogP contribution is 2.24. The van der Waals surface area contributed by atoms with Crippen molar-refractivity contribution >= 4 is 29.1 Å². The molecule has 1 atom stereocenters. The maximum absolute atomic E-state index is 12.4. The van der Waals surface area contributed by atoms with Gasteiger partial charge in [-0.3, -0.25) is 4.79 Å². The SMILES string of the molecule is CCOc1ccc(CC2S/C(=N/N=C/c3ccccc3OCc3ccccc3)NC2=O)cc1. The average molecular weight is 460 g/mol. The van der Waals surface area contributed by atoms with Gasteiger partial charge in [0.1, 0.15) is 18.1 Å². The number of ether oxygens (including phenoxy) is 2. The topological polar surface area (TPSA) is 72.3 Å². The van der Waals surface area contributed by atoms with E-state index in [2.05, 4.69) is 15.5 Å². The van der Waals surface area contributed by atoms with Gasteiger partial charge in [-0.1, -0.05) is 66.4 Å². The van der Waals surface area contributed by atoms with Crippen LogP contribution in [0.4, 0.5) is 0 Å². The molecule has 1 amide bonds. The number of para-hydroxylation sites is 1. The van der Waals surface area contributed by atoms with E-state index in [0.717, 1.165) is 28.2 Å². The zero-order chi connectivity index (χ0) is 22.9. The third kappa shape index (κ3) is 6.46. The smallest absolute Gasteiger partial charge is 0.239 e. The highest BCUT2D eigenvalue weighted by Gasteiger charge is 2.30. The fourth-order valence-corrected chi connectivity index (χ4v) is 4.25. The number of benzene rings is 3. The third-order valence-corrected chi connectivity index (χ3v) is 6.01. The summed E-state index contributed by atoms with van der Waals surface area (Å²) >= 11 is 1.39. The molecule has 1 aliphatic rings. The van der Waals surface area contributed by atoms with Crippen molar-refractivity contribution in [2.45, 2.75) is 25.2 Å². The minimum atomic E-state index is -0.238. The molecule has 6 nitrogen and oxygen atoms in total. The summed E-state index contributed by atoms with van der Waals surface area (Å²) in [5, 5.41) is 11.4. The van der Waals surface area contributed by atoms with Crippen LogP contribution in [0.25, 0.3) is 0 Å². The normalized spacial score (nSPS) is 16.8. The second kappa shape index (κ2) is 11.3. The maximum Gasteiger partial charge on any atom is 0.239 e. The van der Waals surface area contributed by atoms with Crippen molar-refractivity contribution in [3.63, 3.8) is 0 Å². The van der Waals surface area contributed by atoms with E-state index in [-0.39, 0.29) is 11.2 Å². The van der Waals surface area contributed by atoms with Crippen molar-refractivity contribution in [1.82, 2.24) is 5.32 Å². The first-order valence-electron chi connectivity index (χ1n) is 10.8. The summed E-state index contributed by atoms with van der Waals surface area (Å²) in [5.74, 6) is 1.49. The predicted molar refractivity (Wildman–Crippen MR) is 133 cm³/mol. The number of thioether (sulfide) groups is 1. The largest absolute Gasteiger partial charge is 0.494 e. The summed E-state index contributed by atoms with van der Waals surface area (Å²) < 4.78 is 11.4. The Morgan fingerprint density at radius 1 is 0.939 bits per heavy atom. The Balaban J connectivity index is 1.35. The molecule has 1 fully saturated rings. The van der Waals surface area contributed by atoms with Gasteiger partial charge < -0.3 is 14.8 Å². The predicted octanol–water partition coefficient (Wildman–Crippen LogP) is 4.83. The van der Waals surface area contributed by atoms with E-state index in [1.54, 1.807) is 6.21 Å². The van der Waals surface area contributed by atoms with Crippen LogP contribution in [0.15, 0.2) is 89.1 Å². The van der Waals surface area contributed by atoms with E-state index >= 15 is 0 Å². The molecule has 1 aliphatic heterocycles. The highest BCUT2D eigenvalue weighted by molar-refractivity contribution is 8.15. The second-order valence-electron chi connectivity index (χ2n) is 7.34. The molecule has 0 saturated carbocycles. The Morgan fingerprint density at radius 2 is 1.70 bits per heavy atom. The number of nitrogens with one attached hydrogen (secondary N) is 1. The molecule has 168 valence electrons. The summed E-state index contributed by atoms with van der Waals surface area (Å²) in [7, 11) is 0. The summed E-state index contributed by atoms with van der Waals surface area (Å²) in [6.07, 6.45) is 2.25. The van der Waals surface area contributed by atoms with Crippen LogP contribution in [-0.2, 0) is 17.8 Å². The molecule has 1 heterocycles. The number of carbonyl (C=O) groups excluding carboxylic acids is 1. The van der Waals surface area contributed by atoms with Gasteiger partial charge in [0.15, 0.2) is 5.17 Å². The molecule has 0 spiro atoms. The average Bonchev–Trinajstić information content (AvgIpc) is 3.19. The van der Waals surface area contributed by atoms with Gasteiger partial charge in [0.25, 0.3) is 0 Å². The first kappa shape index (κ1) is 22.6. The zero-order valence-electron chi connectivity index (χ0n) is 18.3. The quantitative estimate of drug-likeness (QED) is 0.368. The van der Waals surface area contributed by atoms with Crippen LogP contribution in [0.3, 0.4) is 0 Å². The molecular weight excluding hydrogens is 434 g/mol. The molecule has 0 aliphatic carbocycles. The molecule has 0 bridgehead atoms. The van der Waals surface area contributed by atoms with Gasteiger partial charge in [0.05, 0.1) is 18.1 Å². The summed E-state index contributed by atoms with van der Waals surface area (Å²) in [5.41, 5.74) is 2.98. The molecule has 1 saturated heterocycles. The van der Waals surface area contributed by atoms with E-state index in [1.807, 2.05) is 85.8 Å². The van der Waals surface area contributed by atoms with Gasteiger partial charge in [-0.2, -0.15) is 5.10 Å². The number of nitrogens with zero attached hydrogens (tertiary/aromatic N) is 2. The van der Waals surface area contributed by atoms with Gasteiger partial charge in [0.2, 0.25) is 5.91 Å². The number of rotatable bonds is 9. The van der Waals surface area contributed by atoms with Crippen molar-refractivity contribution in [2.24, 2.45) is 10.2 Å². The molecule has 3 aromatic rings. The van der Waals surface area contributed by atoms with Gasteiger partial charge in [-0.05, 0) is 48.7 Å². The van der Waals surface area contributed by atoms with Crippen LogP contribution >= 0.6 is 11.8 Å². The minimum absolute atomic E-state index is 0.0607. The Labute approximate surface area is 197 Å². The minimum Gasteiger partial charge on any atom is -0.494 e. The second-order valence-corrected chi connectivity index (χ2v) is 8.53. The lowest BCUT2D eigenvalue weighted by molar-refractivity contribution is -0.118. The van der Waals surface area contributed by atoms with Crippen molar-refractivity contribution in [1.29, 1.82) is 0 Å². The third-order valence-electron chi connectivity index (χ3n) is 4.93. The van der Waals surface area contributed by atoms with E-state index < -0.39 is 0 Å². The van der Waals surface area contributed by atoms with Gasteiger partial charge in [0, 0.05) is 5.56 Å². The maximum atomic E-state index is 12.4. The lowest BCUT2D eigenvalue weighted by Gasteiger charge is -2.08. The van der Waals surface area contributed by atoms with Crippen LogP contribution in [0.5, 0.6) is 11.5 Å². The number of amides is 1. The molecular formula is C26H25N3O3S. The summed E-state index contributed by atoms with van der Waals surface area (Å²) in [6.45, 7) is 3.05. The summed E-state index contributed by atoms with van der Waals surface area (Å²) in [4.78, 5) is 12.4. The Bertz CT molecular complexity index is 1130. The molecule has 3 aromatic carbocycles. The van der Waals surface area contributed by atoms with Crippen molar-refractivity contribution in [3.8, 4) is 11.5 Å². The molecule has 0 radical (unpaired) electrons. The van der Waals surface area contributed by atoms with Crippen LogP contribution in [0, 0.1) is 0 Å². The first-order valence-corrected chi connectivity index (χ1v) is 11.7. The highest BCUT2D eigenvalue weighted by atomic mass is 32.2. The van der Waals surface area contributed by atoms with Crippen molar-refractivity contribution in [3.05, 3.63) is 95.6 Å². The fourth-order valence-electron chi connectivity index (χ4n) is 3.29. The van der Waals surface area contributed by atoms with E-state index in [1.165, 1.54) is 11.8 Å². The van der Waals surface area contributed by atoms with Gasteiger partial charge >= 0.3 is 0 Å². The van der Waals surface area contributed by atoms with Crippen molar-refractivity contribution < 1.29 is 14.3 Å². The molecule has 0 aromatic heterocycles. The van der Waals surface area contributed by atoms with E-state index in [9.17, 15) is 4.79 Å². The molecule has 1 N–H and O–H groups in total. The van der Waals surface area contributed by atoms with Gasteiger partial charge in [-0.25, -0.2) is 0 Å². The molecule has 4 rings (SSSR count). The lowest BCUT2D eigenvalue weighted by atomic mass is 10.1. The van der Waals surface area contributed by atoms with Crippen LogP contribution < -0.4 is 14.8 Å². The monoisotopic (exact) mass is 459 g/mol. The van der Waals surface area contributed by atoms with E-state index in [0.29, 0.717) is 24.8 Å². The Hall–Kier alpha value is -3.58. The lowest BCUT2D eigenvalue weighted by Crippen LogP contribution is -2.25. The molecule has 7 heteroatoms. The van der Waals surface area contributed by atoms with Crippen LogP contribution in [0.1, 0.15) is 23.6 Å². The van der Waals surface area contributed by atoms with Gasteiger partial charge in [-0.15, -0.1) is 5.10 Å². The van der Waals surface area contributed by atoms with Crippen LogP contribution in [-0.4, -0.2) is 29.1 Å². The fraction of sp³-hybridized carbons (Fsp3) is 0.192. The molecule has 33 heavy (non-hydrogen) atoms. The van der Waals surface area contributed by atoms with E-state index in [4.69, 9.17) is 9.47 Å². The number of amidine groups is 1. The first-order chi connectivity index (χ1) is 16.2. The van der Waals surface area contributed by atoms with Crippen molar-refractivity contribution in [2.75, 3.05) is 6.61 Å². The summed E-state index contributed by atoms with van der Waals surface area (Å²) in [6, 6.07) is 25.5. The number of hydrogen-bond acceptors (Lipinski definition) is 6. The Kier molecular flexibility index (Phi) is 7.76. The molecule has 1 unspecified atom stereocenters. The Morgan fingerprint density at radius 3 is 2.48 bits per heavy atom.